The molecule has 24 N–H and O–H groups in total. The van der Waals surface area contributed by atoms with Crippen LogP contribution in [0.15, 0.2) is 54.6 Å². The first-order chi connectivity index (χ1) is 39.3. The zero-order chi connectivity index (χ0) is 69.7. The molecule has 2 rings (SSSR count). The molecule has 86 heavy (non-hydrogen) atoms. The Bertz CT molecular complexity index is 2140. The maximum Gasteiger partial charge on any atom is 0.222 e. The second-order valence-electron chi connectivity index (χ2n) is 21.7. The number of phenols is 1. The molecular weight excluding hydrogens is 1110 g/mol. The van der Waals surface area contributed by atoms with Crippen LogP contribution in [0.25, 0.3) is 0 Å². The van der Waals surface area contributed by atoms with Crippen molar-refractivity contribution < 1.29 is 68.1 Å². The molecule has 0 fully saturated rings. The highest BCUT2D eigenvalue weighted by Crippen LogP contribution is 2.14. The molecule has 10 unspecified atom stereocenters. The molecule has 0 aromatic heterocycles. The van der Waals surface area contributed by atoms with Crippen molar-refractivity contribution in [3.8, 4) is 5.75 Å². The molecule has 0 spiro atoms. The van der Waals surface area contributed by atoms with Gasteiger partial charge in [0.05, 0.1) is 30.5 Å². The molecule has 0 saturated heterocycles. The molecule has 11 amide bonds. The topological polar surface area (TPSA) is 521 Å². The molecular formula is C61H115N11O14. The zero-order valence-corrected chi connectivity index (χ0v) is 54.8. The summed E-state index contributed by atoms with van der Waals surface area (Å²) in [7, 11) is 0. The minimum atomic E-state index is -0.632. The molecule has 498 valence electrons. The van der Waals surface area contributed by atoms with Crippen molar-refractivity contribution in [2.45, 2.75) is 163 Å². The van der Waals surface area contributed by atoms with Crippen molar-refractivity contribution in [3.63, 3.8) is 0 Å². The minimum absolute atomic E-state index is 0.00926. The predicted octanol–water partition coefficient (Wildman–Crippen LogP) is 2.93. The third-order valence-corrected chi connectivity index (χ3v) is 12.4. The Labute approximate surface area is 513 Å². The fourth-order valence-electron chi connectivity index (χ4n) is 4.59. The van der Waals surface area contributed by atoms with Gasteiger partial charge in [-0.25, -0.2) is 0 Å². The Kier molecular flexibility index (Phi) is 63.6. The maximum absolute atomic E-state index is 10.7. The lowest BCUT2D eigenvalue weighted by molar-refractivity contribution is -0.124. The third-order valence-electron chi connectivity index (χ3n) is 12.4. The fraction of sp³-hybridized carbons (Fsp3) is 0.623. The number of aliphatic hydroxyl groups excluding tert-OH is 2. The summed E-state index contributed by atoms with van der Waals surface area (Å²) in [4.78, 5) is 112. The van der Waals surface area contributed by atoms with Gasteiger partial charge in [0.25, 0.3) is 0 Å². The van der Waals surface area contributed by atoms with Crippen LogP contribution in [0.1, 0.15) is 155 Å². The SMILES string of the molecule is CC(C)C(C)C(N)=O.CC(C)C(N)=O.CC(C)CC(C)C(N)=O.CC(CNC=O)C(N)=O.CC(CO)C(N)=O.CC(Cc1ccc(O)cc1)C(N)=O.CC(Cc1ccccc1)C(N)=O.CC(O)C(C)C(N)=O.CCC(C)C(C)C(N)=O.CCC(N)=O. The van der Waals surface area contributed by atoms with Crippen LogP contribution in [0.2, 0.25) is 0 Å². The van der Waals surface area contributed by atoms with Crippen LogP contribution >= 0.6 is 0 Å². The number of nitrogens with two attached hydrogens (primary N) is 10. The number of rotatable bonds is 24. The van der Waals surface area contributed by atoms with E-state index in [1.165, 1.54) is 6.92 Å². The Balaban J connectivity index is -0.000000133. The van der Waals surface area contributed by atoms with Gasteiger partial charge in [-0.15, -0.1) is 0 Å². The van der Waals surface area contributed by atoms with Gasteiger partial charge in [-0.3, -0.25) is 52.7 Å². The van der Waals surface area contributed by atoms with Crippen LogP contribution in [0.4, 0.5) is 0 Å². The van der Waals surface area contributed by atoms with Crippen molar-refractivity contribution in [1.82, 2.24) is 5.32 Å². The van der Waals surface area contributed by atoms with Crippen molar-refractivity contribution in [3.05, 3.63) is 65.7 Å². The van der Waals surface area contributed by atoms with E-state index in [0.717, 1.165) is 30.4 Å². The van der Waals surface area contributed by atoms with Gasteiger partial charge in [0, 0.05) is 48.5 Å². The lowest BCUT2D eigenvalue weighted by atomic mass is 9.93. The Morgan fingerprint density at radius 1 is 0.465 bits per heavy atom. The Morgan fingerprint density at radius 3 is 0.977 bits per heavy atom. The third kappa shape index (κ3) is 67.1. The van der Waals surface area contributed by atoms with E-state index >= 15 is 0 Å². The normalized spacial score (nSPS) is 13.2. The lowest BCUT2D eigenvalue weighted by Gasteiger charge is -2.13. The van der Waals surface area contributed by atoms with Crippen molar-refractivity contribution >= 4 is 65.5 Å². The number of carbonyl (C=O) groups is 11. The van der Waals surface area contributed by atoms with Crippen LogP contribution in [0.3, 0.4) is 0 Å². The second-order valence-corrected chi connectivity index (χ2v) is 21.7. The number of benzene rings is 2. The summed E-state index contributed by atoms with van der Waals surface area (Å²) in [6.07, 6.45) is 3.62. The number of hydrogen-bond donors (Lipinski definition) is 14. The van der Waals surface area contributed by atoms with E-state index < -0.39 is 35.7 Å². The number of aliphatic hydroxyl groups is 2. The van der Waals surface area contributed by atoms with Crippen molar-refractivity contribution in [2.24, 2.45) is 128 Å². The molecule has 0 radical (unpaired) electrons. The van der Waals surface area contributed by atoms with E-state index in [1.807, 2.05) is 78.8 Å². The summed E-state index contributed by atoms with van der Waals surface area (Å²) in [6, 6.07) is 16.7. The van der Waals surface area contributed by atoms with E-state index in [4.69, 9.17) is 66.9 Å². The molecule has 2 aromatic rings. The molecule has 0 aliphatic rings. The molecule has 0 saturated carbocycles. The monoisotopic (exact) mass is 1230 g/mol. The lowest BCUT2D eigenvalue weighted by Crippen LogP contribution is -2.30. The van der Waals surface area contributed by atoms with E-state index in [1.54, 1.807) is 72.7 Å². The smallest absolute Gasteiger partial charge is 0.222 e. The minimum Gasteiger partial charge on any atom is -0.508 e. The van der Waals surface area contributed by atoms with E-state index in [-0.39, 0.29) is 95.1 Å². The molecule has 2 aromatic carbocycles. The van der Waals surface area contributed by atoms with Gasteiger partial charge in [-0.1, -0.05) is 167 Å². The summed E-state index contributed by atoms with van der Waals surface area (Å²) < 4.78 is 0. The first kappa shape index (κ1) is 94.7. The van der Waals surface area contributed by atoms with Gasteiger partial charge >= 0.3 is 0 Å². The highest BCUT2D eigenvalue weighted by Gasteiger charge is 2.16. The number of aromatic hydroxyl groups is 1. The Morgan fingerprint density at radius 2 is 0.802 bits per heavy atom. The van der Waals surface area contributed by atoms with Crippen LogP contribution in [0, 0.1) is 71.0 Å². The first-order valence-corrected chi connectivity index (χ1v) is 28.5. The summed E-state index contributed by atoms with van der Waals surface area (Å²) in [5.41, 5.74) is 51.5. The van der Waals surface area contributed by atoms with Gasteiger partial charge in [-0.2, -0.15) is 0 Å². The van der Waals surface area contributed by atoms with Gasteiger partial charge in [-0.05, 0) is 67.2 Å². The van der Waals surface area contributed by atoms with Crippen LogP contribution < -0.4 is 62.7 Å². The molecule has 0 aliphatic heterocycles. The molecule has 0 bridgehead atoms. The molecule has 10 atom stereocenters. The standard InChI is InChI=1S/C10H13NO2.C10H13NO.2C7H15NO.C6H13NO.C5H10N2O2.C5H11NO2.C4H9NO2.C4H9NO.C3H7NO/c1-7(10(11)13)6-8-2-4-9(12)5-3-8;1-8(10(11)12)7-9-5-3-2-4-6-9;1-5(2)4-6(3)7(8)9;1-4-5(2)6(3)7(8)9;1-4(2)5(3)6(7)8;1-4(5(6)9)2-7-3-8;1-3(4(2)7)5(6)8;1-3(2-6)4(5)7;1-3(2)4(5)6;1-2-3(4)5/h2-5,7,12H,6H2,1H3,(H2,11,13);2-6,8H,7H2,1H3,(H2,11,12);2*5-6H,4H2,1-3H3,(H2,8,9);4-5H,1-3H3,(H2,7,8);3-4H,2H2,1H3,(H2,6,9)(H,7,8);3-4,7H,1-2H3,(H2,6,8);3,6H,2H2,1H3,(H2,5,7);3H,1-2H3,(H2,5,6);2H2,1H3,(H2,4,5). The average Bonchev–Trinajstić information content (AvgIpc) is 3.42. The van der Waals surface area contributed by atoms with E-state index in [0.29, 0.717) is 43.6 Å². The number of nitrogens with one attached hydrogen (secondary N) is 1. The van der Waals surface area contributed by atoms with Crippen LogP contribution in [-0.2, 0) is 65.6 Å². The maximum atomic E-state index is 10.7. The number of phenolic OH excluding ortho intramolecular Hbond substituents is 1. The average molecular weight is 1230 g/mol. The van der Waals surface area contributed by atoms with E-state index in [9.17, 15) is 52.7 Å². The number of hydrogen-bond acceptors (Lipinski definition) is 14. The second kappa shape index (κ2) is 57.7. The summed E-state index contributed by atoms with van der Waals surface area (Å²) in [6.45, 7) is 33.2. The number of primary amides is 10. The fourth-order valence-corrected chi connectivity index (χ4v) is 4.59. The highest BCUT2D eigenvalue weighted by molar-refractivity contribution is 5.79. The summed E-state index contributed by atoms with van der Waals surface area (Å²) in [5.74, 6) is -2.65. The molecule has 25 heteroatoms. The molecule has 25 nitrogen and oxygen atoms in total. The first-order valence-electron chi connectivity index (χ1n) is 28.5. The zero-order valence-electron chi connectivity index (χ0n) is 54.8. The quantitative estimate of drug-likeness (QED) is 0.0673. The van der Waals surface area contributed by atoms with E-state index in [2.05, 4.69) is 31.8 Å². The predicted molar refractivity (Wildman–Crippen MR) is 339 cm³/mol. The highest BCUT2D eigenvalue weighted by atomic mass is 16.3. The number of amides is 11. The Hall–Kier alpha value is -7.67. The van der Waals surface area contributed by atoms with Gasteiger partial charge in [0.15, 0.2) is 0 Å². The summed E-state index contributed by atoms with van der Waals surface area (Å²) in [5, 5.41) is 28.3. The van der Waals surface area contributed by atoms with Gasteiger partial charge < -0.3 is 78.0 Å². The largest absolute Gasteiger partial charge is 0.508 e. The van der Waals surface area contributed by atoms with Gasteiger partial charge in [0.2, 0.25) is 65.5 Å². The van der Waals surface area contributed by atoms with Crippen LogP contribution in [0.5, 0.6) is 5.75 Å². The summed E-state index contributed by atoms with van der Waals surface area (Å²) >= 11 is 0. The van der Waals surface area contributed by atoms with Gasteiger partial charge in [0.1, 0.15) is 5.75 Å². The van der Waals surface area contributed by atoms with Crippen LogP contribution in [-0.4, -0.2) is 100 Å². The number of carbonyl (C=O) groups excluding carboxylic acids is 11. The molecule has 0 heterocycles. The van der Waals surface area contributed by atoms with Crippen molar-refractivity contribution in [2.75, 3.05) is 13.2 Å². The molecule has 0 aliphatic carbocycles. The van der Waals surface area contributed by atoms with Crippen molar-refractivity contribution in [1.29, 1.82) is 0 Å².